The number of hydrogen-bond acceptors (Lipinski definition) is 5. The highest BCUT2D eigenvalue weighted by atomic mass is 16.5. The molecule has 0 aromatic heterocycles. The number of rotatable bonds is 10. The molecule has 0 unspecified atom stereocenters. The molecule has 0 atom stereocenters. The Kier molecular flexibility index (Phi) is 11.7. The molecule has 6 nitrogen and oxygen atoms in total. The molecular formula is C16H27N3O3. The number of hydrogen-bond donors (Lipinski definition) is 3. The van der Waals surface area contributed by atoms with Crippen molar-refractivity contribution in [1.82, 2.24) is 11.5 Å². The van der Waals surface area contributed by atoms with E-state index in [0.717, 1.165) is 24.8 Å². The molecule has 22 heavy (non-hydrogen) atoms. The third kappa shape index (κ3) is 9.90. The molecule has 1 aromatic carbocycles. The summed E-state index contributed by atoms with van der Waals surface area (Å²) in [6.45, 7) is 1.57. The Morgan fingerprint density at radius 3 is 2.45 bits per heavy atom. The van der Waals surface area contributed by atoms with E-state index in [2.05, 4.69) is 5.32 Å². The van der Waals surface area contributed by atoms with Crippen LogP contribution < -0.4 is 17.2 Å². The number of unbranched alkanes of at least 4 members (excludes halogenated alkanes) is 2. The van der Waals surface area contributed by atoms with Gasteiger partial charge in [-0.3, -0.25) is 9.59 Å². The molecule has 0 aliphatic heterocycles. The van der Waals surface area contributed by atoms with E-state index in [-0.39, 0.29) is 37.5 Å². The van der Waals surface area contributed by atoms with Crippen molar-refractivity contribution < 1.29 is 14.3 Å². The van der Waals surface area contributed by atoms with E-state index >= 15 is 0 Å². The maximum absolute atomic E-state index is 11.5. The van der Waals surface area contributed by atoms with Gasteiger partial charge in [0, 0.05) is 13.0 Å². The molecule has 0 heterocycles. The second-order valence-corrected chi connectivity index (χ2v) is 4.85. The van der Waals surface area contributed by atoms with Gasteiger partial charge in [0.1, 0.15) is 6.61 Å². The number of nitrogens with two attached hydrogens (primary N) is 1. The molecule has 1 aromatic rings. The first-order valence-corrected chi connectivity index (χ1v) is 7.38. The summed E-state index contributed by atoms with van der Waals surface area (Å²) in [6.07, 6.45) is 3.19. The maximum Gasteiger partial charge on any atom is 0.306 e. The molecule has 1 rings (SSSR count). The zero-order chi connectivity index (χ0) is 15.3. The third-order valence-corrected chi connectivity index (χ3v) is 3.00. The van der Waals surface area contributed by atoms with Crippen molar-refractivity contribution in [3.63, 3.8) is 0 Å². The van der Waals surface area contributed by atoms with Crippen LogP contribution in [0.5, 0.6) is 0 Å². The van der Waals surface area contributed by atoms with Gasteiger partial charge in [-0.25, -0.2) is 0 Å². The molecule has 6 heteroatoms. The van der Waals surface area contributed by atoms with Gasteiger partial charge in [-0.2, -0.15) is 0 Å². The van der Waals surface area contributed by atoms with Gasteiger partial charge in [-0.05, 0) is 24.9 Å². The van der Waals surface area contributed by atoms with Crippen LogP contribution in [-0.4, -0.2) is 25.0 Å². The average Bonchev–Trinajstić information content (AvgIpc) is 2.51. The minimum atomic E-state index is -0.350. The predicted octanol–water partition coefficient (Wildman–Crippen LogP) is 1.92. The van der Waals surface area contributed by atoms with Crippen molar-refractivity contribution >= 4 is 11.9 Å². The largest absolute Gasteiger partial charge is 0.461 e. The quantitative estimate of drug-likeness (QED) is 0.451. The van der Waals surface area contributed by atoms with Crippen LogP contribution in [0.4, 0.5) is 0 Å². The molecule has 0 bridgehead atoms. The molecule has 0 fully saturated rings. The topological polar surface area (TPSA) is 116 Å². The SMILES string of the molecule is N.NCCCCCNC(=O)CCC(=O)OCc1ccccc1. The molecule has 1 amide bonds. The van der Waals surface area contributed by atoms with E-state index in [9.17, 15) is 9.59 Å². The van der Waals surface area contributed by atoms with Gasteiger partial charge in [-0.1, -0.05) is 36.8 Å². The number of nitrogens with one attached hydrogen (secondary N) is 1. The Hall–Kier alpha value is -1.92. The number of amides is 1. The first-order valence-electron chi connectivity index (χ1n) is 7.38. The Bertz CT molecular complexity index is 424. The summed E-state index contributed by atoms with van der Waals surface area (Å²) in [5.74, 6) is -0.462. The van der Waals surface area contributed by atoms with Gasteiger partial charge >= 0.3 is 5.97 Å². The van der Waals surface area contributed by atoms with Crippen LogP contribution in [0.2, 0.25) is 0 Å². The van der Waals surface area contributed by atoms with Crippen molar-refractivity contribution in [2.24, 2.45) is 5.73 Å². The summed E-state index contributed by atoms with van der Waals surface area (Å²) in [6, 6.07) is 9.47. The molecule has 0 radical (unpaired) electrons. The Balaban J connectivity index is 0.00000441. The summed E-state index contributed by atoms with van der Waals surface area (Å²) in [5.41, 5.74) is 6.32. The van der Waals surface area contributed by atoms with E-state index < -0.39 is 0 Å². The first-order chi connectivity index (χ1) is 10.2. The average molecular weight is 309 g/mol. The summed E-state index contributed by atoms with van der Waals surface area (Å²) in [4.78, 5) is 23.0. The van der Waals surface area contributed by atoms with Crippen LogP contribution in [0, 0.1) is 0 Å². The highest BCUT2D eigenvalue weighted by Gasteiger charge is 2.07. The number of esters is 1. The summed E-state index contributed by atoms with van der Waals surface area (Å²) in [7, 11) is 0. The Morgan fingerprint density at radius 1 is 1.05 bits per heavy atom. The maximum atomic E-state index is 11.5. The number of carbonyl (C=O) groups is 2. The number of ether oxygens (including phenoxy) is 1. The van der Waals surface area contributed by atoms with E-state index in [1.54, 1.807) is 0 Å². The highest BCUT2D eigenvalue weighted by molar-refractivity contribution is 5.81. The van der Waals surface area contributed by atoms with Crippen LogP contribution in [0.1, 0.15) is 37.7 Å². The van der Waals surface area contributed by atoms with Crippen LogP contribution in [0.25, 0.3) is 0 Å². The Morgan fingerprint density at radius 2 is 1.77 bits per heavy atom. The van der Waals surface area contributed by atoms with Crippen LogP contribution in [0.3, 0.4) is 0 Å². The van der Waals surface area contributed by atoms with Crippen molar-refractivity contribution in [3.8, 4) is 0 Å². The lowest BCUT2D eigenvalue weighted by Gasteiger charge is -2.06. The normalized spacial score (nSPS) is 9.68. The fourth-order valence-corrected chi connectivity index (χ4v) is 1.79. The number of carbonyl (C=O) groups excluding carboxylic acids is 2. The molecule has 0 saturated carbocycles. The van der Waals surface area contributed by atoms with Crippen LogP contribution in [-0.2, 0) is 20.9 Å². The molecular weight excluding hydrogens is 282 g/mol. The highest BCUT2D eigenvalue weighted by Crippen LogP contribution is 2.02. The lowest BCUT2D eigenvalue weighted by molar-refractivity contribution is -0.146. The Labute approximate surface area is 132 Å². The number of benzene rings is 1. The summed E-state index contributed by atoms with van der Waals surface area (Å²) < 4.78 is 5.10. The molecule has 0 saturated heterocycles. The van der Waals surface area contributed by atoms with Crippen LogP contribution in [0.15, 0.2) is 30.3 Å². The lowest BCUT2D eigenvalue weighted by Crippen LogP contribution is -2.25. The first kappa shape index (κ1) is 20.1. The minimum absolute atomic E-state index is 0. The van der Waals surface area contributed by atoms with Crippen molar-refractivity contribution in [1.29, 1.82) is 0 Å². The van der Waals surface area contributed by atoms with E-state index in [0.29, 0.717) is 13.1 Å². The predicted molar refractivity (Wildman–Crippen MR) is 86.4 cm³/mol. The van der Waals surface area contributed by atoms with Gasteiger partial charge < -0.3 is 21.9 Å². The zero-order valence-electron chi connectivity index (χ0n) is 13.1. The smallest absolute Gasteiger partial charge is 0.306 e. The fourth-order valence-electron chi connectivity index (χ4n) is 1.79. The molecule has 0 aliphatic rings. The van der Waals surface area contributed by atoms with Crippen molar-refractivity contribution in [2.75, 3.05) is 13.1 Å². The second kappa shape index (κ2) is 12.8. The van der Waals surface area contributed by atoms with Gasteiger partial charge in [0.15, 0.2) is 0 Å². The van der Waals surface area contributed by atoms with Gasteiger partial charge in [-0.15, -0.1) is 0 Å². The minimum Gasteiger partial charge on any atom is -0.461 e. The standard InChI is InChI=1S/C16H24N2O3.H3N/c17-11-5-2-6-12-18-15(19)9-10-16(20)21-13-14-7-3-1-4-8-14;/h1,3-4,7-8H,2,5-6,9-13,17H2,(H,18,19);1H3. The van der Waals surface area contributed by atoms with Crippen LogP contribution >= 0.6 is 0 Å². The second-order valence-electron chi connectivity index (χ2n) is 4.85. The molecule has 0 spiro atoms. The third-order valence-electron chi connectivity index (χ3n) is 3.00. The monoisotopic (exact) mass is 309 g/mol. The lowest BCUT2D eigenvalue weighted by atomic mass is 10.2. The van der Waals surface area contributed by atoms with Gasteiger partial charge in [0.2, 0.25) is 5.91 Å². The molecule has 0 aliphatic carbocycles. The van der Waals surface area contributed by atoms with E-state index in [4.69, 9.17) is 10.5 Å². The molecule has 6 N–H and O–H groups in total. The zero-order valence-corrected chi connectivity index (χ0v) is 13.1. The molecule has 124 valence electrons. The summed E-state index contributed by atoms with van der Waals surface area (Å²) in [5, 5.41) is 2.78. The van der Waals surface area contributed by atoms with Gasteiger partial charge in [0.05, 0.1) is 6.42 Å². The summed E-state index contributed by atoms with van der Waals surface area (Å²) >= 11 is 0. The van der Waals surface area contributed by atoms with Crippen molar-refractivity contribution in [2.45, 2.75) is 38.7 Å². The van der Waals surface area contributed by atoms with E-state index in [1.807, 2.05) is 30.3 Å². The fraction of sp³-hybridized carbons (Fsp3) is 0.500. The van der Waals surface area contributed by atoms with Gasteiger partial charge in [0.25, 0.3) is 0 Å². The van der Waals surface area contributed by atoms with E-state index in [1.165, 1.54) is 0 Å². The van der Waals surface area contributed by atoms with Crippen molar-refractivity contribution in [3.05, 3.63) is 35.9 Å².